The molecule has 2 fully saturated rings. The fraction of sp³-hybridized carbons (Fsp3) is 1.00. The molecule has 2 rings (SSSR count). The molecule has 0 bridgehead atoms. The Bertz CT molecular complexity index is 303. The van der Waals surface area contributed by atoms with Crippen LogP contribution in [0.3, 0.4) is 0 Å². The second-order valence-corrected chi connectivity index (χ2v) is 7.65. The van der Waals surface area contributed by atoms with Crippen molar-refractivity contribution in [3.63, 3.8) is 0 Å². The molecule has 0 amide bonds. The van der Waals surface area contributed by atoms with Gasteiger partial charge >= 0.3 is 0 Å². The molecule has 20 heavy (non-hydrogen) atoms. The first-order valence-corrected chi connectivity index (χ1v) is 8.67. The van der Waals surface area contributed by atoms with E-state index < -0.39 is 0 Å². The summed E-state index contributed by atoms with van der Waals surface area (Å²) in [6.07, 6.45) is 5.22. The van der Waals surface area contributed by atoms with Crippen molar-refractivity contribution in [2.24, 2.45) is 17.6 Å². The van der Waals surface area contributed by atoms with Crippen LogP contribution < -0.4 is 5.73 Å². The zero-order chi connectivity index (χ0) is 14.8. The first-order valence-electron chi connectivity index (χ1n) is 8.67. The molecule has 0 aromatic rings. The predicted molar refractivity (Wildman–Crippen MR) is 86.9 cm³/mol. The molecule has 0 saturated carbocycles. The van der Waals surface area contributed by atoms with Gasteiger partial charge in [0.1, 0.15) is 0 Å². The summed E-state index contributed by atoms with van der Waals surface area (Å²) < 4.78 is 0. The van der Waals surface area contributed by atoms with E-state index in [0.717, 1.165) is 18.4 Å². The van der Waals surface area contributed by atoms with Crippen molar-refractivity contribution in [3.8, 4) is 0 Å². The van der Waals surface area contributed by atoms with Crippen LogP contribution in [-0.2, 0) is 0 Å². The molecule has 2 N–H and O–H groups in total. The van der Waals surface area contributed by atoms with E-state index >= 15 is 0 Å². The zero-order valence-electron chi connectivity index (χ0n) is 14.1. The first kappa shape index (κ1) is 16.3. The van der Waals surface area contributed by atoms with E-state index in [2.05, 4.69) is 37.5 Å². The SMILES string of the molecule is CC(C)C1CCN(C2(CN)CCCN(C(C)C)CC2)C1. The van der Waals surface area contributed by atoms with Gasteiger partial charge in [-0.05, 0) is 64.5 Å². The number of hydrogen-bond acceptors (Lipinski definition) is 3. The molecular formula is C17H35N3. The average molecular weight is 281 g/mol. The summed E-state index contributed by atoms with van der Waals surface area (Å²) >= 11 is 0. The van der Waals surface area contributed by atoms with Crippen molar-refractivity contribution >= 4 is 0 Å². The molecule has 0 spiro atoms. The topological polar surface area (TPSA) is 32.5 Å². The lowest BCUT2D eigenvalue weighted by molar-refractivity contribution is 0.0958. The Balaban J connectivity index is 2.03. The van der Waals surface area contributed by atoms with E-state index in [-0.39, 0.29) is 5.54 Å². The molecule has 2 saturated heterocycles. The maximum Gasteiger partial charge on any atom is 0.0344 e. The smallest absolute Gasteiger partial charge is 0.0344 e. The van der Waals surface area contributed by atoms with Crippen LogP contribution in [0, 0.1) is 11.8 Å². The van der Waals surface area contributed by atoms with Gasteiger partial charge < -0.3 is 10.6 Å². The van der Waals surface area contributed by atoms with E-state index in [9.17, 15) is 0 Å². The summed E-state index contributed by atoms with van der Waals surface area (Å²) in [6.45, 7) is 15.2. The van der Waals surface area contributed by atoms with Gasteiger partial charge in [-0.3, -0.25) is 4.90 Å². The van der Waals surface area contributed by atoms with E-state index in [0.29, 0.717) is 6.04 Å². The highest BCUT2D eigenvalue weighted by atomic mass is 15.2. The minimum atomic E-state index is 0.285. The van der Waals surface area contributed by atoms with Crippen molar-refractivity contribution in [1.29, 1.82) is 0 Å². The summed E-state index contributed by atoms with van der Waals surface area (Å²) in [5, 5.41) is 0. The van der Waals surface area contributed by atoms with Crippen LogP contribution in [0.2, 0.25) is 0 Å². The van der Waals surface area contributed by atoms with Crippen molar-refractivity contribution < 1.29 is 0 Å². The summed E-state index contributed by atoms with van der Waals surface area (Å²) in [6, 6.07) is 0.672. The van der Waals surface area contributed by atoms with E-state index in [1.807, 2.05) is 0 Å². The molecule has 2 aliphatic heterocycles. The van der Waals surface area contributed by atoms with Crippen molar-refractivity contribution in [2.45, 2.75) is 65.0 Å². The van der Waals surface area contributed by atoms with Gasteiger partial charge in [-0.15, -0.1) is 0 Å². The number of hydrogen-bond donors (Lipinski definition) is 1. The molecule has 118 valence electrons. The Morgan fingerprint density at radius 1 is 1.10 bits per heavy atom. The minimum Gasteiger partial charge on any atom is -0.329 e. The lowest BCUT2D eigenvalue weighted by atomic mass is 9.88. The third-order valence-electron chi connectivity index (χ3n) is 5.90. The Hall–Kier alpha value is -0.120. The Labute approximate surface area is 125 Å². The third-order valence-corrected chi connectivity index (χ3v) is 5.90. The fourth-order valence-electron chi connectivity index (χ4n) is 4.13. The molecular weight excluding hydrogens is 246 g/mol. The Morgan fingerprint density at radius 2 is 1.85 bits per heavy atom. The molecule has 2 atom stereocenters. The van der Waals surface area contributed by atoms with Gasteiger partial charge in [-0.1, -0.05) is 13.8 Å². The second-order valence-electron chi connectivity index (χ2n) is 7.65. The number of rotatable bonds is 4. The standard InChI is InChI=1S/C17H35N3/c1-14(2)16-6-10-20(12-16)17(13-18)7-5-9-19(11-8-17)15(3)4/h14-16H,5-13,18H2,1-4H3. The average Bonchev–Trinajstić information content (AvgIpc) is 2.80. The molecule has 2 aliphatic rings. The number of likely N-dealkylation sites (tertiary alicyclic amines) is 2. The van der Waals surface area contributed by atoms with Gasteiger partial charge in [0.05, 0.1) is 0 Å². The highest BCUT2D eigenvalue weighted by Crippen LogP contribution is 2.35. The van der Waals surface area contributed by atoms with Gasteiger partial charge in [-0.2, -0.15) is 0 Å². The lowest BCUT2D eigenvalue weighted by Gasteiger charge is -2.41. The van der Waals surface area contributed by atoms with Gasteiger partial charge in [0.15, 0.2) is 0 Å². The number of nitrogens with two attached hydrogens (primary N) is 1. The van der Waals surface area contributed by atoms with Crippen LogP contribution in [0.1, 0.15) is 53.4 Å². The Morgan fingerprint density at radius 3 is 2.40 bits per heavy atom. The minimum absolute atomic E-state index is 0.285. The second kappa shape index (κ2) is 6.76. The summed E-state index contributed by atoms with van der Waals surface area (Å²) in [4.78, 5) is 5.38. The molecule has 3 nitrogen and oxygen atoms in total. The van der Waals surface area contributed by atoms with Crippen LogP contribution in [0.15, 0.2) is 0 Å². The zero-order valence-corrected chi connectivity index (χ0v) is 14.1. The van der Waals surface area contributed by atoms with Crippen molar-refractivity contribution in [1.82, 2.24) is 9.80 Å². The molecule has 0 aromatic carbocycles. The predicted octanol–water partition coefficient (Wildman–Crippen LogP) is 2.56. The fourth-order valence-corrected chi connectivity index (χ4v) is 4.13. The van der Waals surface area contributed by atoms with Gasteiger partial charge in [0.2, 0.25) is 0 Å². The first-order chi connectivity index (χ1) is 9.48. The van der Waals surface area contributed by atoms with Crippen LogP contribution in [0.4, 0.5) is 0 Å². The molecule has 0 radical (unpaired) electrons. The van der Waals surface area contributed by atoms with Crippen molar-refractivity contribution in [2.75, 3.05) is 32.7 Å². The quantitative estimate of drug-likeness (QED) is 0.859. The van der Waals surface area contributed by atoms with Crippen LogP contribution in [0.25, 0.3) is 0 Å². The van der Waals surface area contributed by atoms with E-state index in [4.69, 9.17) is 5.73 Å². The maximum atomic E-state index is 6.27. The van der Waals surface area contributed by atoms with Crippen LogP contribution in [-0.4, -0.2) is 54.1 Å². The third kappa shape index (κ3) is 3.37. The maximum absolute atomic E-state index is 6.27. The molecule has 2 unspecified atom stereocenters. The molecule has 0 aliphatic carbocycles. The lowest BCUT2D eigenvalue weighted by Crippen LogP contribution is -2.53. The highest BCUT2D eigenvalue weighted by Gasteiger charge is 2.41. The van der Waals surface area contributed by atoms with Crippen molar-refractivity contribution in [3.05, 3.63) is 0 Å². The monoisotopic (exact) mass is 281 g/mol. The number of nitrogens with zero attached hydrogens (tertiary/aromatic N) is 2. The Kier molecular flexibility index (Phi) is 5.49. The summed E-state index contributed by atoms with van der Waals surface area (Å²) in [5.74, 6) is 1.69. The van der Waals surface area contributed by atoms with Crippen LogP contribution in [0.5, 0.6) is 0 Å². The normalized spacial score (nSPS) is 34.0. The van der Waals surface area contributed by atoms with Gasteiger partial charge in [0, 0.05) is 31.2 Å². The van der Waals surface area contributed by atoms with Gasteiger partial charge in [-0.25, -0.2) is 0 Å². The van der Waals surface area contributed by atoms with Crippen LogP contribution >= 0.6 is 0 Å². The molecule has 0 aromatic heterocycles. The van der Waals surface area contributed by atoms with E-state index in [1.54, 1.807) is 0 Å². The van der Waals surface area contributed by atoms with E-state index in [1.165, 1.54) is 51.9 Å². The summed E-state index contributed by atoms with van der Waals surface area (Å²) in [7, 11) is 0. The van der Waals surface area contributed by atoms with Gasteiger partial charge in [0.25, 0.3) is 0 Å². The highest BCUT2D eigenvalue weighted by molar-refractivity contribution is 4.98. The molecule has 2 heterocycles. The largest absolute Gasteiger partial charge is 0.329 e. The summed E-state index contributed by atoms with van der Waals surface area (Å²) in [5.41, 5.74) is 6.56. The molecule has 3 heteroatoms.